The maximum Gasteiger partial charge on any atom is 0.335 e. The van der Waals surface area contributed by atoms with Crippen molar-refractivity contribution in [3.8, 4) is 0 Å². The van der Waals surface area contributed by atoms with Crippen LogP contribution >= 0.6 is 0 Å². The van der Waals surface area contributed by atoms with Crippen molar-refractivity contribution < 1.29 is 99.0 Å². The number of ether oxygens (including phenoxy) is 6. The standard InChI is InChI=1S/C47H72O20/c1-42(2)13-14-47(41(60)61)21(15-42)20-7-8-25-43(3)11-10-27(44(4,19-49)24(43)9-12-45(25,5)46(20,6)16-26(47)51)64-40-36(67-39-32(56)30(54)29(53)23(17-48)63-39)34(33(57)35(66-40)37(58)59)65-38-31(55)28(52)22(50)18-62-38/h7,19,21-36,38-40,48,50-57H,8-18H2,1-6H3,(H,58,59)(H,60,61)/t21-,22?,23+,24?,25?,26+,27-,28-,29-,30-,31?,32?,33?,34-,35-,36?,38-,39-,40+,43-,44-,45+,46?,47+/m1/s1. The molecule has 0 aromatic carbocycles. The number of allylic oxidation sites excluding steroid dienone is 2. The molecule has 0 amide bonds. The van der Waals surface area contributed by atoms with Crippen LogP contribution in [0.5, 0.6) is 0 Å². The zero-order valence-corrected chi connectivity index (χ0v) is 39.0. The number of aliphatic hydroxyl groups is 9. The van der Waals surface area contributed by atoms with E-state index in [1.165, 1.54) is 0 Å². The van der Waals surface area contributed by atoms with E-state index in [9.17, 15) is 70.6 Å². The number of carboxylic acid groups (broad SMARTS) is 2. The fourth-order valence-electron chi connectivity index (χ4n) is 14.8. The van der Waals surface area contributed by atoms with E-state index in [2.05, 4.69) is 40.7 Å². The molecule has 7 fully saturated rings. The fraction of sp³-hybridized carbons (Fsp3) is 0.894. The first-order valence-corrected chi connectivity index (χ1v) is 23.8. The van der Waals surface area contributed by atoms with Gasteiger partial charge in [-0.15, -0.1) is 0 Å². The third-order valence-electron chi connectivity index (χ3n) is 18.9. The van der Waals surface area contributed by atoms with E-state index in [4.69, 9.17) is 28.4 Å². The van der Waals surface area contributed by atoms with E-state index in [1.807, 2.05) is 0 Å². The molecule has 3 aliphatic heterocycles. The lowest BCUT2D eigenvalue weighted by Crippen LogP contribution is -2.69. The minimum atomic E-state index is -2.14. The minimum absolute atomic E-state index is 0.0258. The second kappa shape index (κ2) is 17.8. The highest BCUT2D eigenvalue weighted by Gasteiger charge is 2.72. The highest BCUT2D eigenvalue weighted by Crippen LogP contribution is 2.76. The molecule has 67 heavy (non-hydrogen) atoms. The summed E-state index contributed by atoms with van der Waals surface area (Å²) in [5.74, 6) is -3.36. The van der Waals surface area contributed by atoms with Gasteiger partial charge in [-0.2, -0.15) is 0 Å². The van der Waals surface area contributed by atoms with Gasteiger partial charge in [-0.1, -0.05) is 53.2 Å². The van der Waals surface area contributed by atoms with Gasteiger partial charge < -0.3 is 89.4 Å². The lowest BCUT2D eigenvalue weighted by molar-refractivity contribution is -0.391. The maximum atomic E-state index is 13.8. The molecular formula is C47H72O20. The molecule has 3 saturated heterocycles. The molecule has 0 aromatic heterocycles. The first kappa shape index (κ1) is 51.1. The SMILES string of the molecule is CC1(C)CC[C@]2(C(=O)O)[C@H](C1)C1=CCC3[C@]4(C)CC[C@@H](O[C@H]5O[C@@H](C(=O)O)C(O)[C@@H](O[C@H]6OCC(O)[C@@H](O)C6O)C5O[C@H]5O[C@@H](CO)[C@@H](O)[C@@H](O)C5O)[C@](C)(C=O)C4CC[C@]3(C)C1(C)C[C@@H]2O. The van der Waals surface area contributed by atoms with E-state index in [0.29, 0.717) is 44.9 Å². The molecule has 24 atom stereocenters. The molecule has 8 aliphatic rings. The Morgan fingerprint density at radius 3 is 2.04 bits per heavy atom. The lowest BCUT2D eigenvalue weighted by atomic mass is 9.33. The Bertz CT molecular complexity index is 1910. The summed E-state index contributed by atoms with van der Waals surface area (Å²) in [5.41, 5.74) is -3.10. The highest BCUT2D eigenvalue weighted by molar-refractivity contribution is 5.78. The largest absolute Gasteiger partial charge is 0.481 e. The zero-order valence-electron chi connectivity index (χ0n) is 39.0. The van der Waals surface area contributed by atoms with Crippen LogP contribution in [-0.2, 0) is 42.8 Å². The average Bonchev–Trinajstić information content (AvgIpc) is 3.26. The number of fused-ring (bicyclic) bond motifs is 7. The van der Waals surface area contributed by atoms with Crippen molar-refractivity contribution in [3.63, 3.8) is 0 Å². The summed E-state index contributed by atoms with van der Waals surface area (Å²) in [6.45, 7) is 11.3. The molecule has 5 aliphatic carbocycles. The first-order chi connectivity index (χ1) is 31.3. The molecule has 3 heterocycles. The number of carbonyl (C=O) groups excluding carboxylic acids is 1. The Morgan fingerprint density at radius 2 is 1.40 bits per heavy atom. The van der Waals surface area contributed by atoms with E-state index < -0.39 is 150 Å². The lowest BCUT2D eigenvalue weighted by Gasteiger charge is -2.71. The number of aliphatic hydroxyl groups excluding tert-OH is 9. The first-order valence-electron chi connectivity index (χ1n) is 23.8. The summed E-state index contributed by atoms with van der Waals surface area (Å²) in [6.07, 6.45) is -20.5. The van der Waals surface area contributed by atoms with Gasteiger partial charge in [0.1, 0.15) is 72.7 Å². The molecule has 20 nitrogen and oxygen atoms in total. The molecule has 0 spiro atoms. The van der Waals surface area contributed by atoms with Gasteiger partial charge >= 0.3 is 11.9 Å². The average molecular weight is 957 g/mol. The number of aldehydes is 1. The van der Waals surface area contributed by atoms with E-state index in [1.54, 1.807) is 6.92 Å². The molecule has 0 bridgehead atoms. The summed E-state index contributed by atoms with van der Waals surface area (Å²) in [4.78, 5) is 39.8. The van der Waals surface area contributed by atoms with Crippen molar-refractivity contribution in [1.29, 1.82) is 0 Å². The van der Waals surface area contributed by atoms with Gasteiger partial charge in [-0.3, -0.25) is 4.79 Å². The summed E-state index contributed by atoms with van der Waals surface area (Å²) >= 11 is 0. The summed E-state index contributed by atoms with van der Waals surface area (Å²) in [6, 6.07) is 0. The van der Waals surface area contributed by atoms with Gasteiger partial charge in [-0.25, -0.2) is 4.79 Å². The number of carboxylic acids is 2. The highest BCUT2D eigenvalue weighted by atomic mass is 16.8. The summed E-state index contributed by atoms with van der Waals surface area (Å²) < 4.78 is 35.9. The number of carbonyl (C=O) groups is 3. The second-order valence-electron chi connectivity index (χ2n) is 22.8. The Morgan fingerprint density at radius 1 is 0.731 bits per heavy atom. The van der Waals surface area contributed by atoms with Crippen LogP contribution in [0.25, 0.3) is 0 Å². The predicted octanol–water partition coefficient (Wildman–Crippen LogP) is -0.413. The van der Waals surface area contributed by atoms with Gasteiger partial charge in [0, 0.05) is 0 Å². The zero-order chi connectivity index (χ0) is 49.1. The molecule has 11 N–H and O–H groups in total. The van der Waals surface area contributed by atoms with E-state index in [0.717, 1.165) is 11.9 Å². The van der Waals surface area contributed by atoms with E-state index in [-0.39, 0.29) is 36.0 Å². The van der Waals surface area contributed by atoms with Crippen LogP contribution in [0.3, 0.4) is 0 Å². The minimum Gasteiger partial charge on any atom is -0.481 e. The van der Waals surface area contributed by atoms with Gasteiger partial charge in [0.15, 0.2) is 25.0 Å². The number of aliphatic carboxylic acids is 2. The fourth-order valence-corrected chi connectivity index (χ4v) is 14.8. The van der Waals surface area contributed by atoms with Crippen LogP contribution in [-0.4, -0.2) is 186 Å². The number of hydrogen-bond acceptors (Lipinski definition) is 18. The Hall–Kier alpha value is -2.25. The molecule has 8 unspecified atom stereocenters. The van der Waals surface area contributed by atoms with Gasteiger partial charge in [0.2, 0.25) is 0 Å². The van der Waals surface area contributed by atoms with E-state index >= 15 is 0 Å². The van der Waals surface area contributed by atoms with Crippen LogP contribution in [0.15, 0.2) is 11.6 Å². The van der Waals surface area contributed by atoms with Gasteiger partial charge in [0.25, 0.3) is 0 Å². The molecular weight excluding hydrogens is 884 g/mol. The van der Waals surface area contributed by atoms with Crippen molar-refractivity contribution >= 4 is 18.2 Å². The molecule has 20 heteroatoms. The third-order valence-corrected chi connectivity index (χ3v) is 18.9. The van der Waals surface area contributed by atoms with Crippen LogP contribution in [0.1, 0.15) is 99.3 Å². The molecule has 4 saturated carbocycles. The van der Waals surface area contributed by atoms with Crippen molar-refractivity contribution in [2.24, 2.45) is 50.2 Å². The Labute approximate surface area is 389 Å². The summed E-state index contributed by atoms with van der Waals surface area (Å²) in [7, 11) is 0. The van der Waals surface area contributed by atoms with Crippen molar-refractivity contribution in [2.45, 2.75) is 198 Å². The monoisotopic (exact) mass is 956 g/mol. The quantitative estimate of drug-likeness (QED) is 0.0753. The topological polar surface area (TPSA) is 329 Å². The number of rotatable bonds is 10. The van der Waals surface area contributed by atoms with Crippen LogP contribution in [0.2, 0.25) is 0 Å². The Kier molecular flexibility index (Phi) is 13.6. The van der Waals surface area contributed by atoms with Crippen LogP contribution in [0, 0.1) is 50.2 Å². The predicted molar refractivity (Wildman–Crippen MR) is 227 cm³/mol. The van der Waals surface area contributed by atoms with Crippen LogP contribution < -0.4 is 0 Å². The van der Waals surface area contributed by atoms with Crippen molar-refractivity contribution in [1.82, 2.24) is 0 Å². The second-order valence-corrected chi connectivity index (χ2v) is 22.8. The molecule has 0 radical (unpaired) electrons. The summed E-state index contributed by atoms with van der Waals surface area (Å²) in [5, 5.41) is 118. The molecule has 380 valence electrons. The number of hydrogen-bond donors (Lipinski definition) is 11. The van der Waals surface area contributed by atoms with Crippen molar-refractivity contribution in [3.05, 3.63) is 11.6 Å². The third kappa shape index (κ3) is 7.78. The molecule has 8 rings (SSSR count). The van der Waals surface area contributed by atoms with Gasteiger partial charge in [-0.05, 0) is 97.2 Å². The maximum absolute atomic E-state index is 13.8. The molecule has 0 aromatic rings. The smallest absolute Gasteiger partial charge is 0.335 e. The van der Waals surface area contributed by atoms with Crippen LogP contribution in [0.4, 0.5) is 0 Å². The van der Waals surface area contributed by atoms with Gasteiger partial charge in [0.05, 0.1) is 30.8 Å². The van der Waals surface area contributed by atoms with Crippen molar-refractivity contribution in [2.75, 3.05) is 13.2 Å². The normalized spacial score (nSPS) is 54.0. The Balaban J connectivity index is 1.13.